The van der Waals surface area contributed by atoms with Crippen LogP contribution in [0.1, 0.15) is 20.3 Å². The molecule has 0 aliphatic carbocycles. The fraction of sp³-hybridized carbons (Fsp3) is 0.769. The van der Waals surface area contributed by atoms with Gasteiger partial charge in [0.05, 0.1) is 25.0 Å². The van der Waals surface area contributed by atoms with Gasteiger partial charge in [-0.25, -0.2) is 0 Å². The molecule has 0 bridgehead atoms. The van der Waals surface area contributed by atoms with Crippen molar-refractivity contribution < 1.29 is 4.74 Å². The van der Waals surface area contributed by atoms with Crippen LogP contribution < -0.4 is 10.6 Å². The number of hydrogen-bond donors (Lipinski definition) is 1. The predicted molar refractivity (Wildman–Crippen MR) is 72.7 cm³/mol. The second-order valence-electron chi connectivity index (χ2n) is 5.20. The molecular formula is C13H24N4O. The van der Waals surface area contributed by atoms with Gasteiger partial charge < -0.3 is 15.4 Å². The van der Waals surface area contributed by atoms with Gasteiger partial charge in [0.15, 0.2) is 0 Å². The predicted octanol–water partition coefficient (Wildman–Crippen LogP) is 1.09. The maximum atomic E-state index is 6.12. The molecule has 1 aliphatic heterocycles. The lowest BCUT2D eigenvalue weighted by atomic mass is 9.87. The minimum absolute atomic E-state index is 0.319. The maximum Gasteiger partial charge on any atom is 0.0755 e. The van der Waals surface area contributed by atoms with Gasteiger partial charge in [-0.3, -0.25) is 4.68 Å². The molecule has 18 heavy (non-hydrogen) atoms. The van der Waals surface area contributed by atoms with Crippen LogP contribution in [-0.2, 0) is 11.3 Å². The van der Waals surface area contributed by atoms with Gasteiger partial charge in [-0.05, 0) is 19.3 Å². The summed E-state index contributed by atoms with van der Waals surface area (Å²) in [6.07, 6.45) is 5.09. The highest BCUT2D eigenvalue weighted by atomic mass is 16.5. The minimum Gasteiger partial charge on any atom is -0.383 e. The van der Waals surface area contributed by atoms with E-state index in [1.165, 1.54) is 5.69 Å². The molecule has 1 fully saturated rings. The van der Waals surface area contributed by atoms with Crippen molar-refractivity contribution in [3.8, 4) is 0 Å². The summed E-state index contributed by atoms with van der Waals surface area (Å²) in [5, 5.41) is 4.37. The zero-order chi connectivity index (χ0) is 13.1. The Balaban J connectivity index is 2.04. The molecule has 102 valence electrons. The third-order valence-corrected chi connectivity index (χ3v) is 4.11. The lowest BCUT2D eigenvalue weighted by molar-refractivity contribution is 0.183. The molecule has 2 rings (SSSR count). The van der Waals surface area contributed by atoms with Crippen LogP contribution in [-0.4, -0.2) is 42.1 Å². The lowest BCUT2D eigenvalue weighted by Gasteiger charge is -2.42. The molecule has 1 aliphatic rings. The minimum atomic E-state index is 0.319. The van der Waals surface area contributed by atoms with Crippen LogP contribution in [0.2, 0.25) is 0 Å². The highest BCUT2D eigenvalue weighted by molar-refractivity contribution is 5.44. The van der Waals surface area contributed by atoms with E-state index in [1.807, 2.05) is 10.9 Å². The number of piperidine rings is 1. The summed E-state index contributed by atoms with van der Waals surface area (Å²) in [6.45, 7) is 6.99. The average molecular weight is 252 g/mol. The summed E-state index contributed by atoms with van der Waals surface area (Å²) < 4.78 is 7.00. The van der Waals surface area contributed by atoms with Gasteiger partial charge in [-0.1, -0.05) is 6.92 Å². The third-order valence-electron chi connectivity index (χ3n) is 4.11. The largest absolute Gasteiger partial charge is 0.383 e. The average Bonchev–Trinajstić information content (AvgIpc) is 2.82. The molecule has 2 heterocycles. The second kappa shape index (κ2) is 5.71. The molecular weight excluding hydrogens is 228 g/mol. The molecule has 1 saturated heterocycles. The van der Waals surface area contributed by atoms with E-state index in [4.69, 9.17) is 10.5 Å². The van der Waals surface area contributed by atoms with E-state index in [0.717, 1.165) is 19.5 Å². The van der Waals surface area contributed by atoms with Gasteiger partial charge in [-0.15, -0.1) is 0 Å². The molecule has 2 N–H and O–H groups in total. The molecule has 3 atom stereocenters. The number of nitrogens with two attached hydrogens (primary N) is 1. The number of ether oxygens (including phenoxy) is 1. The van der Waals surface area contributed by atoms with Gasteiger partial charge in [0.1, 0.15) is 0 Å². The Bertz CT molecular complexity index is 379. The van der Waals surface area contributed by atoms with Crippen molar-refractivity contribution in [2.24, 2.45) is 11.7 Å². The van der Waals surface area contributed by atoms with E-state index >= 15 is 0 Å². The standard InChI is InChI=1S/C13H24N4O/c1-10-11(2)17(5-4-13(10)14)12-8-15-16(9-12)6-7-18-3/h8-11,13H,4-7,14H2,1-3H3. The van der Waals surface area contributed by atoms with E-state index in [2.05, 4.69) is 30.0 Å². The summed E-state index contributed by atoms with van der Waals surface area (Å²) in [7, 11) is 1.71. The van der Waals surface area contributed by atoms with Crippen molar-refractivity contribution in [3.63, 3.8) is 0 Å². The van der Waals surface area contributed by atoms with Crippen LogP contribution >= 0.6 is 0 Å². The lowest BCUT2D eigenvalue weighted by Crippen LogP contribution is -2.51. The Kier molecular flexibility index (Phi) is 4.24. The molecule has 0 aromatic carbocycles. The summed E-state index contributed by atoms with van der Waals surface area (Å²) in [5.41, 5.74) is 7.31. The first-order valence-corrected chi connectivity index (χ1v) is 6.67. The Morgan fingerprint density at radius 2 is 2.28 bits per heavy atom. The van der Waals surface area contributed by atoms with Crippen LogP contribution in [0.25, 0.3) is 0 Å². The van der Waals surface area contributed by atoms with Gasteiger partial charge in [0.2, 0.25) is 0 Å². The van der Waals surface area contributed by atoms with Gasteiger partial charge in [0.25, 0.3) is 0 Å². The summed E-state index contributed by atoms with van der Waals surface area (Å²) in [5.74, 6) is 0.515. The first-order valence-electron chi connectivity index (χ1n) is 6.67. The number of anilines is 1. The Labute approximate surface area is 109 Å². The van der Waals surface area contributed by atoms with Crippen LogP contribution in [0.4, 0.5) is 5.69 Å². The topological polar surface area (TPSA) is 56.3 Å². The monoisotopic (exact) mass is 252 g/mol. The molecule has 0 radical (unpaired) electrons. The fourth-order valence-corrected chi connectivity index (χ4v) is 2.57. The highest BCUT2D eigenvalue weighted by Crippen LogP contribution is 2.27. The van der Waals surface area contributed by atoms with Crippen molar-refractivity contribution in [1.29, 1.82) is 0 Å². The Hall–Kier alpha value is -1.07. The summed E-state index contributed by atoms with van der Waals surface area (Å²) >= 11 is 0. The number of hydrogen-bond acceptors (Lipinski definition) is 4. The van der Waals surface area contributed by atoms with E-state index in [-0.39, 0.29) is 0 Å². The van der Waals surface area contributed by atoms with Crippen molar-refractivity contribution >= 4 is 5.69 Å². The number of methoxy groups -OCH3 is 1. The molecule has 5 nitrogen and oxygen atoms in total. The Morgan fingerprint density at radius 3 is 3.00 bits per heavy atom. The maximum absolute atomic E-state index is 6.12. The van der Waals surface area contributed by atoms with Crippen LogP contribution in [0.15, 0.2) is 12.4 Å². The van der Waals surface area contributed by atoms with Gasteiger partial charge in [-0.2, -0.15) is 5.10 Å². The second-order valence-corrected chi connectivity index (χ2v) is 5.20. The molecule has 3 unspecified atom stereocenters. The van der Waals surface area contributed by atoms with Gasteiger partial charge in [0, 0.05) is 31.9 Å². The quantitative estimate of drug-likeness (QED) is 0.871. The van der Waals surface area contributed by atoms with Crippen molar-refractivity contribution in [1.82, 2.24) is 9.78 Å². The number of aromatic nitrogens is 2. The first-order chi connectivity index (χ1) is 8.63. The van der Waals surface area contributed by atoms with Crippen molar-refractivity contribution in [3.05, 3.63) is 12.4 Å². The Morgan fingerprint density at radius 1 is 1.50 bits per heavy atom. The zero-order valence-electron chi connectivity index (χ0n) is 11.5. The molecule has 0 spiro atoms. The SMILES string of the molecule is COCCn1cc(N2CCC(N)C(C)C2C)cn1. The molecule has 5 heteroatoms. The molecule has 1 aromatic heterocycles. The van der Waals surface area contributed by atoms with Crippen molar-refractivity contribution in [2.75, 3.05) is 25.2 Å². The van der Waals surface area contributed by atoms with Crippen LogP contribution in [0, 0.1) is 5.92 Å². The van der Waals surface area contributed by atoms with E-state index in [1.54, 1.807) is 7.11 Å². The number of nitrogens with zero attached hydrogens (tertiary/aromatic N) is 3. The van der Waals surface area contributed by atoms with Crippen molar-refractivity contribution in [2.45, 2.75) is 38.9 Å². The summed E-state index contributed by atoms with van der Waals surface area (Å²) in [6, 6.07) is 0.786. The first kappa shape index (κ1) is 13.4. The van der Waals surface area contributed by atoms with Gasteiger partial charge >= 0.3 is 0 Å². The van der Waals surface area contributed by atoms with E-state index in [9.17, 15) is 0 Å². The highest BCUT2D eigenvalue weighted by Gasteiger charge is 2.30. The normalized spacial score (nSPS) is 28.7. The van der Waals surface area contributed by atoms with E-state index in [0.29, 0.717) is 24.6 Å². The van der Waals surface area contributed by atoms with E-state index < -0.39 is 0 Å². The van der Waals surface area contributed by atoms with Crippen LogP contribution in [0.3, 0.4) is 0 Å². The fourth-order valence-electron chi connectivity index (χ4n) is 2.57. The smallest absolute Gasteiger partial charge is 0.0755 e. The van der Waals surface area contributed by atoms with Crippen LogP contribution in [0.5, 0.6) is 0 Å². The summed E-state index contributed by atoms with van der Waals surface area (Å²) in [4.78, 5) is 2.41. The third kappa shape index (κ3) is 2.67. The molecule has 0 saturated carbocycles. The molecule has 1 aromatic rings. The molecule has 0 amide bonds. The number of rotatable bonds is 4. The zero-order valence-corrected chi connectivity index (χ0v) is 11.5.